The average molecular weight is 415 g/mol. The van der Waals surface area contributed by atoms with Crippen LogP contribution in [0.3, 0.4) is 0 Å². The van der Waals surface area contributed by atoms with E-state index in [0.717, 1.165) is 29.0 Å². The van der Waals surface area contributed by atoms with Crippen molar-refractivity contribution in [2.75, 3.05) is 10.6 Å². The molecule has 0 aliphatic rings. The van der Waals surface area contributed by atoms with Crippen LogP contribution in [0.4, 0.5) is 17.1 Å². The van der Waals surface area contributed by atoms with Gasteiger partial charge in [-0.3, -0.25) is 9.36 Å². The third kappa shape index (κ3) is 4.07. The molecule has 2 heterocycles. The highest BCUT2D eigenvalue weighted by Gasteiger charge is 2.16. The number of benzene rings is 2. The van der Waals surface area contributed by atoms with Crippen molar-refractivity contribution in [2.24, 2.45) is 0 Å². The number of nitrogens with zero attached hydrogens (tertiary/aromatic N) is 2. The second kappa shape index (κ2) is 8.47. The van der Waals surface area contributed by atoms with E-state index in [4.69, 9.17) is 0 Å². The van der Waals surface area contributed by atoms with E-state index in [1.165, 1.54) is 0 Å². The lowest BCUT2D eigenvalue weighted by atomic mass is 10.1. The Balaban J connectivity index is 1.67. The molecule has 3 N–H and O–H groups in total. The Kier molecular flexibility index (Phi) is 5.58. The number of para-hydroxylation sites is 1. The van der Waals surface area contributed by atoms with Crippen LogP contribution < -0.4 is 16.3 Å². The van der Waals surface area contributed by atoms with E-state index >= 15 is 0 Å². The zero-order valence-corrected chi connectivity index (χ0v) is 17.8. The third-order valence-electron chi connectivity index (χ3n) is 5.44. The quantitative estimate of drug-likeness (QED) is 0.413. The second-order valence-corrected chi connectivity index (χ2v) is 7.59. The van der Waals surface area contributed by atoms with Gasteiger partial charge in [0.05, 0.1) is 5.69 Å². The molecule has 7 heteroatoms. The normalized spacial score (nSPS) is 12.0. The van der Waals surface area contributed by atoms with Crippen LogP contribution in [0.5, 0.6) is 0 Å². The summed E-state index contributed by atoms with van der Waals surface area (Å²) in [7, 11) is 0. The van der Waals surface area contributed by atoms with Crippen molar-refractivity contribution in [1.29, 1.82) is 0 Å². The number of hydrogen-bond donors (Lipinski definition) is 3. The number of amides is 1. The maximum Gasteiger partial charge on any atom is 0.327 e. The molecular weight excluding hydrogens is 390 g/mol. The molecule has 4 rings (SSSR count). The lowest BCUT2D eigenvalue weighted by molar-refractivity contribution is 0.102. The van der Waals surface area contributed by atoms with Gasteiger partial charge in [-0.05, 0) is 56.2 Å². The summed E-state index contributed by atoms with van der Waals surface area (Å²) < 4.78 is 1.68. The lowest BCUT2D eigenvalue weighted by Gasteiger charge is -2.13. The highest BCUT2D eigenvalue weighted by Crippen LogP contribution is 2.27. The molecule has 1 amide bonds. The number of nitrogens with one attached hydrogen (secondary N) is 3. The third-order valence-corrected chi connectivity index (χ3v) is 5.44. The van der Waals surface area contributed by atoms with Gasteiger partial charge in [0.15, 0.2) is 5.65 Å². The van der Waals surface area contributed by atoms with Gasteiger partial charge in [-0.1, -0.05) is 31.2 Å². The number of hydrogen-bond acceptors (Lipinski definition) is 4. The lowest BCUT2D eigenvalue weighted by Crippen LogP contribution is -2.20. The van der Waals surface area contributed by atoms with Gasteiger partial charge in [0, 0.05) is 29.2 Å². The molecule has 0 fully saturated rings. The number of aromatic nitrogens is 3. The number of H-pyrrole nitrogens is 1. The van der Waals surface area contributed by atoms with Crippen LogP contribution >= 0.6 is 0 Å². The molecule has 31 heavy (non-hydrogen) atoms. The summed E-state index contributed by atoms with van der Waals surface area (Å²) in [6.07, 6.45) is 2.50. The number of anilines is 3. The molecule has 158 valence electrons. The van der Waals surface area contributed by atoms with E-state index in [-0.39, 0.29) is 17.6 Å². The van der Waals surface area contributed by atoms with Crippen LogP contribution in [0.15, 0.2) is 65.6 Å². The van der Waals surface area contributed by atoms with Gasteiger partial charge in [-0.25, -0.2) is 9.78 Å². The molecule has 0 radical (unpaired) electrons. The number of aromatic amines is 1. The zero-order chi connectivity index (χ0) is 22.0. The van der Waals surface area contributed by atoms with Gasteiger partial charge in [0.25, 0.3) is 5.91 Å². The summed E-state index contributed by atoms with van der Waals surface area (Å²) in [4.78, 5) is 32.6. The second-order valence-electron chi connectivity index (χ2n) is 7.59. The summed E-state index contributed by atoms with van der Waals surface area (Å²) in [6, 6.07) is 16.7. The predicted octanol–water partition coefficient (Wildman–Crippen LogP) is 5.00. The molecule has 0 saturated heterocycles. The van der Waals surface area contributed by atoms with Crippen LogP contribution in [0, 0.1) is 6.92 Å². The van der Waals surface area contributed by atoms with Gasteiger partial charge in [0.1, 0.15) is 5.52 Å². The summed E-state index contributed by atoms with van der Waals surface area (Å²) in [5.41, 5.74) is 4.84. The first-order valence-corrected chi connectivity index (χ1v) is 10.3. The van der Waals surface area contributed by atoms with Gasteiger partial charge in [0.2, 0.25) is 0 Å². The van der Waals surface area contributed by atoms with Gasteiger partial charge < -0.3 is 15.6 Å². The maximum atomic E-state index is 12.7. The summed E-state index contributed by atoms with van der Waals surface area (Å²) in [5, 5.41) is 6.27. The van der Waals surface area contributed by atoms with Crippen molar-refractivity contribution in [3.8, 4) is 0 Å². The highest BCUT2D eigenvalue weighted by atomic mass is 16.2. The van der Waals surface area contributed by atoms with Crippen molar-refractivity contribution in [3.05, 3.63) is 82.4 Å². The van der Waals surface area contributed by atoms with Gasteiger partial charge in [-0.15, -0.1) is 0 Å². The van der Waals surface area contributed by atoms with Crippen LogP contribution in [0.25, 0.3) is 11.2 Å². The number of aryl methyl sites for hydroxylation is 1. The van der Waals surface area contributed by atoms with Crippen molar-refractivity contribution in [2.45, 2.75) is 33.2 Å². The molecule has 0 aliphatic carbocycles. The van der Waals surface area contributed by atoms with Crippen molar-refractivity contribution in [1.82, 2.24) is 14.5 Å². The van der Waals surface area contributed by atoms with E-state index in [0.29, 0.717) is 16.7 Å². The Labute approximate surface area is 180 Å². The number of carbonyl (C=O) groups is 1. The van der Waals surface area contributed by atoms with Gasteiger partial charge in [-0.2, -0.15) is 0 Å². The van der Waals surface area contributed by atoms with E-state index in [1.54, 1.807) is 16.8 Å². The zero-order valence-electron chi connectivity index (χ0n) is 17.8. The first-order chi connectivity index (χ1) is 15.0. The molecule has 1 atom stereocenters. The molecule has 2 aromatic carbocycles. The number of rotatable bonds is 6. The minimum absolute atomic E-state index is 0.0377. The smallest absolute Gasteiger partial charge is 0.327 e. The Bertz CT molecular complexity index is 1290. The molecule has 7 nitrogen and oxygen atoms in total. The monoisotopic (exact) mass is 415 g/mol. The van der Waals surface area contributed by atoms with Gasteiger partial charge >= 0.3 is 5.69 Å². The fourth-order valence-electron chi connectivity index (χ4n) is 3.48. The van der Waals surface area contributed by atoms with Crippen LogP contribution in [-0.2, 0) is 0 Å². The fraction of sp³-hybridized carbons (Fsp3) is 0.208. The van der Waals surface area contributed by atoms with Crippen LogP contribution in [0.1, 0.15) is 42.2 Å². The number of carbonyl (C=O) groups excluding carboxylic acids is 1. The largest absolute Gasteiger partial charge is 0.353 e. The molecule has 0 saturated carbocycles. The molecule has 0 spiro atoms. The fourth-order valence-corrected chi connectivity index (χ4v) is 3.48. The first kappa shape index (κ1) is 20.4. The molecule has 2 aromatic heterocycles. The Morgan fingerprint density at radius 3 is 2.65 bits per heavy atom. The van der Waals surface area contributed by atoms with E-state index in [9.17, 15) is 9.59 Å². The Morgan fingerprint density at radius 1 is 1.13 bits per heavy atom. The minimum atomic E-state index is -0.189. The van der Waals surface area contributed by atoms with Crippen LogP contribution in [0.2, 0.25) is 0 Å². The van der Waals surface area contributed by atoms with E-state index < -0.39 is 0 Å². The van der Waals surface area contributed by atoms with Crippen LogP contribution in [-0.4, -0.2) is 20.4 Å². The molecule has 1 unspecified atom stereocenters. The summed E-state index contributed by atoms with van der Waals surface area (Å²) >= 11 is 0. The average Bonchev–Trinajstić information content (AvgIpc) is 3.12. The van der Waals surface area contributed by atoms with E-state index in [1.807, 2.05) is 69.3 Å². The van der Waals surface area contributed by atoms with Crippen molar-refractivity contribution >= 4 is 34.1 Å². The number of imidazole rings is 1. The molecule has 4 aromatic rings. The van der Waals surface area contributed by atoms with Crippen molar-refractivity contribution < 1.29 is 4.79 Å². The van der Waals surface area contributed by atoms with E-state index in [2.05, 4.69) is 20.6 Å². The summed E-state index contributed by atoms with van der Waals surface area (Å²) in [6.45, 7) is 6.00. The number of pyridine rings is 1. The SMILES string of the molecule is CCC(C)n1c(=O)[nH]c2c(Nc3cc(C(=O)Nc4ccccc4)ccc3C)ccnc21. The molecule has 0 bridgehead atoms. The number of fused-ring (bicyclic) bond motifs is 1. The summed E-state index contributed by atoms with van der Waals surface area (Å²) in [5.74, 6) is -0.189. The molecule has 0 aliphatic heterocycles. The maximum absolute atomic E-state index is 12.7. The van der Waals surface area contributed by atoms with Crippen molar-refractivity contribution in [3.63, 3.8) is 0 Å². The highest BCUT2D eigenvalue weighted by molar-refractivity contribution is 6.05. The minimum Gasteiger partial charge on any atom is -0.353 e. The Hall–Kier alpha value is -3.87. The standard InChI is InChI=1S/C24H25N5O2/c1-4-16(3)29-22-21(28-24(29)31)19(12-13-25-22)27-20-14-17(11-10-15(20)2)23(30)26-18-8-6-5-7-9-18/h5-14,16H,4H2,1-3H3,(H,25,27)(H,26,30)(H,28,31). The predicted molar refractivity (Wildman–Crippen MR) is 124 cm³/mol. The topological polar surface area (TPSA) is 91.8 Å². The Morgan fingerprint density at radius 2 is 1.90 bits per heavy atom. The first-order valence-electron chi connectivity index (χ1n) is 10.3. The molecular formula is C24H25N5O2.